The van der Waals surface area contributed by atoms with E-state index in [2.05, 4.69) is 30.3 Å². The van der Waals surface area contributed by atoms with Crippen LogP contribution in [-0.2, 0) is 26.5 Å². The Labute approximate surface area is 147 Å². The third kappa shape index (κ3) is 5.27. The molecule has 1 aliphatic rings. The Hall–Kier alpha value is -0.970. The molecule has 0 radical (unpaired) electrons. The largest absolute Gasteiger partial charge is 0.472 e. The van der Waals surface area contributed by atoms with Gasteiger partial charge in [-0.05, 0) is 56.2 Å². The molecule has 0 spiro atoms. The molecule has 1 aliphatic heterocycles. The van der Waals surface area contributed by atoms with Crippen molar-refractivity contribution in [3.05, 3.63) is 57.8 Å². The number of rotatable bonds is 5. The molecule has 1 aromatic heterocycles. The number of benzene rings is 1. The fourth-order valence-electron chi connectivity index (χ4n) is 2.86. The second-order valence-corrected chi connectivity index (χ2v) is 8.64. The molecule has 4 nitrogen and oxygen atoms in total. The van der Waals surface area contributed by atoms with Crippen molar-refractivity contribution >= 4 is 19.2 Å². The fraction of sp³-hybridized carbons (Fsp3) is 0.444. The van der Waals surface area contributed by atoms with Crippen LogP contribution >= 0.6 is 19.2 Å². The third-order valence-corrected chi connectivity index (χ3v) is 6.37. The summed E-state index contributed by atoms with van der Waals surface area (Å²) in [6.07, 6.45) is 5.32. The minimum absolute atomic E-state index is 0.287. The van der Waals surface area contributed by atoms with E-state index >= 15 is 0 Å². The van der Waals surface area contributed by atoms with Crippen molar-refractivity contribution in [2.24, 2.45) is 0 Å². The third-order valence-electron chi connectivity index (χ3n) is 4.11. The van der Waals surface area contributed by atoms with Crippen molar-refractivity contribution in [2.75, 3.05) is 6.61 Å². The van der Waals surface area contributed by atoms with Crippen LogP contribution in [0.2, 0.25) is 0 Å². The molecule has 3 rings (SSSR count). The second kappa shape index (κ2) is 8.41. The standard InChI is InChI=1S/C18H23O4PS/c19-23(20)21-14-5-4-11-17(22-23)18-13-12-16(24-18)10-6-9-15-7-2-1-3-8-15/h1-3,7-8,12-13,17H,4-6,9-11,14H2,(H,19,20). The van der Waals surface area contributed by atoms with Crippen molar-refractivity contribution in [1.29, 1.82) is 0 Å². The van der Waals surface area contributed by atoms with Crippen molar-refractivity contribution < 1.29 is 18.5 Å². The van der Waals surface area contributed by atoms with Crippen LogP contribution in [0.4, 0.5) is 0 Å². The highest BCUT2D eigenvalue weighted by atomic mass is 32.1. The predicted molar refractivity (Wildman–Crippen MR) is 96.2 cm³/mol. The normalized spacial score (nSPS) is 25.1. The highest BCUT2D eigenvalue weighted by Crippen LogP contribution is 2.51. The van der Waals surface area contributed by atoms with Crippen molar-refractivity contribution in [3.63, 3.8) is 0 Å². The lowest BCUT2D eigenvalue weighted by molar-refractivity contribution is 0.0831. The number of phosphoric ester groups is 1. The molecule has 2 unspecified atom stereocenters. The molecule has 1 saturated heterocycles. The quantitative estimate of drug-likeness (QED) is 0.731. The van der Waals surface area contributed by atoms with E-state index in [0.717, 1.165) is 43.4 Å². The highest BCUT2D eigenvalue weighted by molar-refractivity contribution is 7.47. The zero-order valence-electron chi connectivity index (χ0n) is 13.6. The number of thiophene rings is 1. The Morgan fingerprint density at radius 3 is 2.79 bits per heavy atom. The minimum atomic E-state index is -3.92. The maximum absolute atomic E-state index is 11.8. The Morgan fingerprint density at radius 2 is 1.96 bits per heavy atom. The van der Waals surface area contributed by atoms with Crippen LogP contribution in [0.3, 0.4) is 0 Å². The molecular formula is C18H23O4PS. The summed E-state index contributed by atoms with van der Waals surface area (Å²) in [6, 6.07) is 14.6. The van der Waals surface area contributed by atoms with Crippen LogP contribution < -0.4 is 0 Å². The van der Waals surface area contributed by atoms with Gasteiger partial charge in [0.15, 0.2) is 0 Å². The average molecular weight is 366 g/mol. The van der Waals surface area contributed by atoms with E-state index in [9.17, 15) is 9.46 Å². The Balaban J connectivity index is 1.56. The Bertz CT molecular complexity index is 685. The number of phosphoric acid groups is 1. The summed E-state index contributed by atoms with van der Waals surface area (Å²) in [4.78, 5) is 12.0. The smallest absolute Gasteiger partial charge is 0.302 e. The monoisotopic (exact) mass is 366 g/mol. The van der Waals surface area contributed by atoms with Crippen LogP contribution in [0.5, 0.6) is 0 Å². The van der Waals surface area contributed by atoms with E-state index in [1.807, 2.05) is 12.1 Å². The molecule has 24 heavy (non-hydrogen) atoms. The van der Waals surface area contributed by atoms with E-state index in [0.29, 0.717) is 0 Å². The molecule has 0 amide bonds. The first kappa shape index (κ1) is 17.8. The average Bonchev–Trinajstić information content (AvgIpc) is 3.01. The molecule has 0 saturated carbocycles. The maximum Gasteiger partial charge on any atom is 0.472 e. The van der Waals surface area contributed by atoms with Gasteiger partial charge in [-0.15, -0.1) is 11.3 Å². The van der Waals surface area contributed by atoms with Crippen LogP contribution in [0.1, 0.15) is 47.1 Å². The van der Waals surface area contributed by atoms with E-state index in [-0.39, 0.29) is 12.7 Å². The maximum atomic E-state index is 11.8. The predicted octanol–water partition coefficient (Wildman–Crippen LogP) is 5.28. The summed E-state index contributed by atoms with van der Waals surface area (Å²) < 4.78 is 22.1. The molecule has 6 heteroatoms. The fourth-order valence-corrected chi connectivity index (χ4v) is 5.01. The summed E-state index contributed by atoms with van der Waals surface area (Å²) in [7, 11) is -3.92. The summed E-state index contributed by atoms with van der Waals surface area (Å²) in [6.45, 7) is 0.287. The Morgan fingerprint density at radius 1 is 1.12 bits per heavy atom. The summed E-state index contributed by atoms with van der Waals surface area (Å²) in [5.41, 5.74) is 1.36. The minimum Gasteiger partial charge on any atom is -0.302 e. The molecule has 0 bridgehead atoms. The molecule has 2 atom stereocenters. The molecule has 2 aromatic rings. The first-order chi connectivity index (χ1) is 11.6. The number of hydrogen-bond donors (Lipinski definition) is 1. The van der Waals surface area contributed by atoms with Gasteiger partial charge in [0.05, 0.1) is 6.61 Å². The van der Waals surface area contributed by atoms with Crippen LogP contribution in [0.15, 0.2) is 42.5 Å². The first-order valence-corrected chi connectivity index (χ1v) is 10.7. The Kier molecular flexibility index (Phi) is 6.25. The van der Waals surface area contributed by atoms with Crippen LogP contribution in [0, 0.1) is 0 Å². The van der Waals surface area contributed by atoms with Gasteiger partial charge < -0.3 is 4.89 Å². The van der Waals surface area contributed by atoms with E-state index in [1.54, 1.807) is 11.3 Å². The second-order valence-electron chi connectivity index (χ2n) is 6.03. The molecule has 1 aromatic carbocycles. The first-order valence-electron chi connectivity index (χ1n) is 8.41. The molecule has 2 heterocycles. The summed E-state index contributed by atoms with van der Waals surface area (Å²) in [5.74, 6) is 0. The lowest BCUT2D eigenvalue weighted by atomic mass is 10.1. The summed E-state index contributed by atoms with van der Waals surface area (Å²) in [5, 5.41) is 0. The van der Waals surface area contributed by atoms with Crippen molar-refractivity contribution in [3.8, 4) is 0 Å². The van der Waals surface area contributed by atoms with Gasteiger partial charge in [-0.25, -0.2) is 4.57 Å². The van der Waals surface area contributed by atoms with Gasteiger partial charge in [0.1, 0.15) is 6.10 Å². The molecule has 1 N–H and O–H groups in total. The lowest BCUT2D eigenvalue weighted by Crippen LogP contribution is -2.08. The van der Waals surface area contributed by atoms with Gasteiger partial charge in [-0.3, -0.25) is 9.05 Å². The van der Waals surface area contributed by atoms with Crippen molar-refractivity contribution in [2.45, 2.75) is 44.6 Å². The lowest BCUT2D eigenvalue weighted by Gasteiger charge is -2.22. The molecule has 130 valence electrons. The van der Waals surface area contributed by atoms with Gasteiger partial charge >= 0.3 is 7.82 Å². The SMILES string of the molecule is O=P1(O)OCCCCC(c2ccc(CCCc3ccccc3)s2)O1. The topological polar surface area (TPSA) is 55.8 Å². The van der Waals surface area contributed by atoms with Gasteiger partial charge in [-0.1, -0.05) is 30.3 Å². The zero-order chi connectivity index (χ0) is 16.8. The number of aryl methyl sites for hydroxylation is 2. The van der Waals surface area contributed by atoms with E-state index in [4.69, 9.17) is 9.05 Å². The van der Waals surface area contributed by atoms with Gasteiger partial charge in [0.25, 0.3) is 0 Å². The van der Waals surface area contributed by atoms with Gasteiger partial charge in [0.2, 0.25) is 0 Å². The number of hydrogen-bond acceptors (Lipinski definition) is 4. The van der Waals surface area contributed by atoms with E-state index in [1.165, 1.54) is 10.4 Å². The van der Waals surface area contributed by atoms with Gasteiger partial charge in [-0.2, -0.15) is 0 Å². The van der Waals surface area contributed by atoms with Gasteiger partial charge in [0, 0.05) is 9.75 Å². The van der Waals surface area contributed by atoms with E-state index < -0.39 is 7.82 Å². The summed E-state index contributed by atoms with van der Waals surface area (Å²) >= 11 is 1.68. The van der Waals surface area contributed by atoms with Crippen LogP contribution in [0.25, 0.3) is 0 Å². The molecule has 0 aliphatic carbocycles. The molecular weight excluding hydrogens is 343 g/mol. The van der Waals surface area contributed by atoms with Crippen LogP contribution in [-0.4, -0.2) is 11.5 Å². The zero-order valence-corrected chi connectivity index (χ0v) is 15.3. The molecule has 1 fully saturated rings. The van der Waals surface area contributed by atoms with Crippen molar-refractivity contribution in [1.82, 2.24) is 0 Å². The highest BCUT2D eigenvalue weighted by Gasteiger charge is 2.29.